The molecule has 1 heteroatoms. The maximum Gasteiger partial charge on any atom is 0.0601 e. The van der Waals surface area contributed by atoms with Gasteiger partial charge in [0.2, 0.25) is 0 Å². The number of benzene rings is 2. The fourth-order valence-electron chi connectivity index (χ4n) is 3.59. The van der Waals surface area contributed by atoms with Crippen LogP contribution in [-0.2, 0) is 5.41 Å². The average molecular weight is 303 g/mol. The Bertz CT molecular complexity index is 698. The second-order valence-corrected chi connectivity index (χ2v) is 6.41. The van der Waals surface area contributed by atoms with E-state index in [9.17, 15) is 0 Å². The van der Waals surface area contributed by atoms with Crippen molar-refractivity contribution in [3.05, 3.63) is 59.7 Å². The molecule has 0 spiro atoms. The van der Waals surface area contributed by atoms with Crippen molar-refractivity contribution in [1.29, 1.82) is 0 Å². The minimum absolute atomic E-state index is 0.00342. The van der Waals surface area contributed by atoms with Gasteiger partial charge in [-0.25, -0.2) is 0 Å². The molecule has 0 fully saturated rings. The van der Waals surface area contributed by atoms with Crippen molar-refractivity contribution < 1.29 is 0 Å². The van der Waals surface area contributed by atoms with Gasteiger partial charge < -0.3 is 0 Å². The average Bonchev–Trinajstić information content (AvgIpc) is 2.86. The van der Waals surface area contributed by atoms with Gasteiger partial charge in [-0.05, 0) is 35.3 Å². The highest BCUT2D eigenvalue weighted by molar-refractivity contribution is 5.80. The quantitative estimate of drug-likeness (QED) is 0.739. The van der Waals surface area contributed by atoms with E-state index in [4.69, 9.17) is 0 Å². The molecule has 1 nitrogen and oxygen atoms in total. The molecule has 118 valence electrons. The van der Waals surface area contributed by atoms with Crippen molar-refractivity contribution in [2.24, 2.45) is 0 Å². The maximum absolute atomic E-state index is 3.46. The van der Waals surface area contributed by atoms with E-state index in [1.807, 2.05) is 0 Å². The Morgan fingerprint density at radius 3 is 1.87 bits per heavy atom. The first-order chi connectivity index (χ1) is 11.2. The number of rotatable bonds is 4. The zero-order chi connectivity index (χ0) is 16.3. The predicted molar refractivity (Wildman–Crippen MR) is 98.5 cm³/mol. The number of nitrogens with zero attached hydrogens (tertiary/aromatic N) is 1. The van der Waals surface area contributed by atoms with Gasteiger partial charge in [0, 0.05) is 11.8 Å². The minimum Gasteiger partial charge on any atom is -0.293 e. The van der Waals surface area contributed by atoms with Crippen molar-refractivity contribution in [3.63, 3.8) is 0 Å². The minimum atomic E-state index is 0.00342. The standard InChI is InChI=1S/C22H25N/c1-4-23(5-2)17-11-10-16-22(3)20-14-8-6-12-18(20)19-13-7-9-15-21(19)22/h6-9,12-15H,4-5,16-17H2,1-3H3. The van der Waals surface area contributed by atoms with Gasteiger partial charge >= 0.3 is 0 Å². The van der Waals surface area contributed by atoms with Crippen LogP contribution in [0.4, 0.5) is 0 Å². The predicted octanol–water partition coefficient (Wildman–Crippen LogP) is 4.71. The van der Waals surface area contributed by atoms with Crippen LogP contribution in [0.25, 0.3) is 11.1 Å². The molecular weight excluding hydrogens is 278 g/mol. The first kappa shape index (κ1) is 15.8. The van der Waals surface area contributed by atoms with Crippen molar-refractivity contribution >= 4 is 0 Å². The number of fused-ring (bicyclic) bond motifs is 3. The van der Waals surface area contributed by atoms with Gasteiger partial charge in [0.05, 0.1) is 6.54 Å². The van der Waals surface area contributed by atoms with Crippen LogP contribution >= 0.6 is 0 Å². The molecule has 0 aliphatic heterocycles. The van der Waals surface area contributed by atoms with E-state index in [1.54, 1.807) is 0 Å². The van der Waals surface area contributed by atoms with Crippen LogP contribution in [-0.4, -0.2) is 24.5 Å². The largest absolute Gasteiger partial charge is 0.293 e. The summed E-state index contributed by atoms with van der Waals surface area (Å²) in [6.45, 7) is 9.71. The number of hydrogen-bond donors (Lipinski definition) is 0. The lowest BCUT2D eigenvalue weighted by atomic mass is 9.77. The molecule has 1 aliphatic carbocycles. The second-order valence-electron chi connectivity index (χ2n) is 6.41. The van der Waals surface area contributed by atoms with Gasteiger partial charge in [-0.3, -0.25) is 4.90 Å². The molecule has 0 saturated heterocycles. The fraction of sp³-hybridized carbons (Fsp3) is 0.364. The summed E-state index contributed by atoms with van der Waals surface area (Å²) >= 11 is 0. The third-order valence-electron chi connectivity index (χ3n) is 5.10. The Morgan fingerprint density at radius 1 is 0.826 bits per heavy atom. The van der Waals surface area contributed by atoms with Crippen LogP contribution in [0.5, 0.6) is 0 Å². The fourth-order valence-corrected chi connectivity index (χ4v) is 3.59. The summed E-state index contributed by atoms with van der Waals surface area (Å²) in [7, 11) is 0. The topological polar surface area (TPSA) is 3.24 Å². The molecule has 0 aromatic heterocycles. The van der Waals surface area contributed by atoms with Gasteiger partial charge in [0.25, 0.3) is 0 Å². The zero-order valence-electron chi connectivity index (χ0n) is 14.4. The lowest BCUT2D eigenvalue weighted by Crippen LogP contribution is -2.23. The van der Waals surface area contributed by atoms with Crippen molar-refractivity contribution in [2.75, 3.05) is 19.6 Å². The Hall–Kier alpha value is -2.04. The van der Waals surface area contributed by atoms with Gasteiger partial charge in [-0.1, -0.05) is 75.2 Å². The third kappa shape index (κ3) is 2.80. The smallest absolute Gasteiger partial charge is 0.0601 e. The molecular formula is C22H25N. The lowest BCUT2D eigenvalue weighted by molar-refractivity contribution is 0.342. The molecule has 2 aromatic carbocycles. The molecule has 0 amide bonds. The Balaban J connectivity index is 1.91. The molecule has 1 aliphatic rings. The van der Waals surface area contributed by atoms with Gasteiger partial charge in [0.1, 0.15) is 0 Å². The van der Waals surface area contributed by atoms with Crippen LogP contribution < -0.4 is 0 Å². The van der Waals surface area contributed by atoms with Crippen molar-refractivity contribution in [3.8, 4) is 23.0 Å². The Labute approximate surface area is 140 Å². The van der Waals surface area contributed by atoms with Gasteiger partial charge in [0.15, 0.2) is 0 Å². The van der Waals surface area contributed by atoms with Gasteiger partial charge in [-0.15, -0.1) is 5.92 Å². The Kier molecular flexibility index (Phi) is 4.55. The molecule has 23 heavy (non-hydrogen) atoms. The van der Waals surface area contributed by atoms with Crippen molar-refractivity contribution in [1.82, 2.24) is 4.90 Å². The summed E-state index contributed by atoms with van der Waals surface area (Å²) in [5.74, 6) is 6.83. The molecule has 0 radical (unpaired) electrons. The lowest BCUT2D eigenvalue weighted by Gasteiger charge is -2.25. The zero-order valence-corrected chi connectivity index (χ0v) is 14.4. The number of hydrogen-bond acceptors (Lipinski definition) is 1. The Morgan fingerprint density at radius 2 is 1.35 bits per heavy atom. The summed E-state index contributed by atoms with van der Waals surface area (Å²) in [5.41, 5.74) is 5.58. The summed E-state index contributed by atoms with van der Waals surface area (Å²) in [4.78, 5) is 2.35. The normalized spacial score (nSPS) is 14.1. The highest BCUT2D eigenvalue weighted by atomic mass is 15.1. The van der Waals surface area contributed by atoms with Crippen LogP contribution in [0.2, 0.25) is 0 Å². The molecule has 2 aromatic rings. The molecule has 3 rings (SSSR count). The monoisotopic (exact) mass is 303 g/mol. The second kappa shape index (κ2) is 6.60. The van der Waals surface area contributed by atoms with E-state index >= 15 is 0 Å². The molecule has 0 unspecified atom stereocenters. The molecule has 0 bridgehead atoms. The third-order valence-corrected chi connectivity index (χ3v) is 5.10. The van der Waals surface area contributed by atoms with E-state index in [0.29, 0.717) is 0 Å². The van der Waals surface area contributed by atoms with E-state index in [1.165, 1.54) is 22.3 Å². The highest BCUT2D eigenvalue weighted by Crippen LogP contribution is 2.50. The SMILES string of the molecule is CCN(CC)CC#CCC1(C)c2ccccc2-c2ccccc21. The van der Waals surface area contributed by atoms with E-state index in [0.717, 1.165) is 26.1 Å². The van der Waals surface area contributed by atoms with Crippen LogP contribution in [0.15, 0.2) is 48.5 Å². The molecule has 0 heterocycles. The molecule has 0 atom stereocenters. The highest BCUT2D eigenvalue weighted by Gasteiger charge is 2.38. The van der Waals surface area contributed by atoms with Crippen molar-refractivity contribution in [2.45, 2.75) is 32.6 Å². The maximum atomic E-state index is 3.46. The first-order valence-electron chi connectivity index (χ1n) is 8.58. The summed E-state index contributed by atoms with van der Waals surface area (Å²) in [5, 5.41) is 0. The first-order valence-corrected chi connectivity index (χ1v) is 8.58. The van der Waals surface area contributed by atoms with Crippen LogP contribution in [0.1, 0.15) is 38.3 Å². The van der Waals surface area contributed by atoms with Gasteiger partial charge in [-0.2, -0.15) is 0 Å². The molecule has 0 N–H and O–H groups in total. The van der Waals surface area contributed by atoms with Crippen LogP contribution in [0, 0.1) is 11.8 Å². The van der Waals surface area contributed by atoms with E-state index in [-0.39, 0.29) is 5.41 Å². The summed E-state index contributed by atoms with van der Waals surface area (Å²) < 4.78 is 0. The van der Waals surface area contributed by atoms with E-state index < -0.39 is 0 Å². The van der Waals surface area contributed by atoms with Crippen LogP contribution in [0.3, 0.4) is 0 Å². The summed E-state index contributed by atoms with van der Waals surface area (Å²) in [6.07, 6.45) is 0.877. The van der Waals surface area contributed by atoms with E-state index in [2.05, 4.69) is 86.0 Å². The molecule has 0 saturated carbocycles. The summed E-state index contributed by atoms with van der Waals surface area (Å²) in [6, 6.07) is 17.6.